The Balaban J connectivity index is 1.68. The maximum Gasteiger partial charge on any atom is 0.239 e. The summed E-state index contributed by atoms with van der Waals surface area (Å²) in [5.74, 6) is 1.23. The van der Waals surface area contributed by atoms with E-state index in [4.69, 9.17) is 11.6 Å². The predicted molar refractivity (Wildman–Crippen MR) is 117 cm³/mol. The number of rotatable bonds is 6. The molecule has 1 fully saturated rings. The second-order valence-electron chi connectivity index (χ2n) is 8.42. The van der Waals surface area contributed by atoms with Gasteiger partial charge < -0.3 is 16.0 Å². The number of nitrogens with zero attached hydrogens (tertiary/aromatic N) is 2. The Hall–Kier alpha value is -1.79. The van der Waals surface area contributed by atoms with Gasteiger partial charge in [-0.05, 0) is 64.3 Å². The highest BCUT2D eigenvalue weighted by Crippen LogP contribution is 2.21. The van der Waals surface area contributed by atoms with Crippen LogP contribution >= 0.6 is 11.6 Å². The van der Waals surface area contributed by atoms with Gasteiger partial charge >= 0.3 is 0 Å². The Kier molecular flexibility index (Phi) is 8.58. The van der Waals surface area contributed by atoms with Crippen LogP contribution in [0.1, 0.15) is 39.2 Å². The average molecular weight is 408 g/mol. The highest BCUT2D eigenvalue weighted by molar-refractivity contribution is 6.31. The third-order valence-corrected chi connectivity index (χ3v) is 5.14. The zero-order valence-electron chi connectivity index (χ0n) is 17.5. The standard InChI is InChI=1S/C21H34ClN5O/c1-21(2,3)26-19(28)14-25-20(23-4)24-13-16-9-11-27(12-10-16)15-17-7-5-6-8-18(17)22/h5-8,16H,9-15H2,1-4H3,(H,26,28)(H2,23,24,25). The van der Waals surface area contributed by atoms with Gasteiger partial charge in [0.05, 0.1) is 6.54 Å². The number of amides is 1. The number of benzene rings is 1. The largest absolute Gasteiger partial charge is 0.356 e. The number of guanidine groups is 1. The van der Waals surface area contributed by atoms with E-state index in [-0.39, 0.29) is 18.0 Å². The van der Waals surface area contributed by atoms with Crippen molar-refractivity contribution in [2.24, 2.45) is 10.9 Å². The molecule has 0 unspecified atom stereocenters. The molecule has 28 heavy (non-hydrogen) atoms. The molecule has 1 aliphatic heterocycles. The quantitative estimate of drug-likeness (QED) is 0.501. The lowest BCUT2D eigenvalue weighted by Crippen LogP contribution is -2.49. The van der Waals surface area contributed by atoms with Gasteiger partial charge in [-0.25, -0.2) is 0 Å². The summed E-state index contributed by atoms with van der Waals surface area (Å²) in [4.78, 5) is 18.6. The normalized spacial score (nSPS) is 16.7. The van der Waals surface area contributed by atoms with Crippen LogP contribution in [-0.4, -0.2) is 55.5 Å². The first-order chi connectivity index (χ1) is 13.3. The van der Waals surface area contributed by atoms with Gasteiger partial charge in [-0.15, -0.1) is 0 Å². The molecule has 2 rings (SSSR count). The monoisotopic (exact) mass is 407 g/mol. The predicted octanol–water partition coefficient (Wildman–Crippen LogP) is 2.63. The molecule has 156 valence electrons. The molecule has 0 radical (unpaired) electrons. The Morgan fingerprint density at radius 3 is 2.50 bits per heavy atom. The van der Waals surface area contributed by atoms with Crippen LogP contribution in [0.4, 0.5) is 0 Å². The highest BCUT2D eigenvalue weighted by Gasteiger charge is 2.20. The van der Waals surface area contributed by atoms with Crippen molar-refractivity contribution in [3.8, 4) is 0 Å². The van der Waals surface area contributed by atoms with Crippen molar-refractivity contribution >= 4 is 23.5 Å². The molecule has 0 bridgehead atoms. The molecule has 6 nitrogen and oxygen atoms in total. The fourth-order valence-electron chi connectivity index (χ4n) is 3.30. The maximum absolute atomic E-state index is 11.9. The first kappa shape index (κ1) is 22.5. The number of hydrogen-bond donors (Lipinski definition) is 3. The summed E-state index contributed by atoms with van der Waals surface area (Å²) in [5, 5.41) is 10.2. The Labute approximate surface area is 174 Å². The molecule has 0 spiro atoms. The number of carbonyl (C=O) groups excluding carboxylic acids is 1. The van der Waals surface area contributed by atoms with Crippen LogP contribution in [0.3, 0.4) is 0 Å². The zero-order chi connectivity index (χ0) is 20.6. The van der Waals surface area contributed by atoms with Gasteiger partial charge in [-0.2, -0.15) is 0 Å². The van der Waals surface area contributed by atoms with Crippen molar-refractivity contribution in [3.63, 3.8) is 0 Å². The lowest BCUT2D eigenvalue weighted by Gasteiger charge is -2.32. The Morgan fingerprint density at radius 1 is 1.21 bits per heavy atom. The van der Waals surface area contributed by atoms with Crippen molar-refractivity contribution < 1.29 is 4.79 Å². The molecule has 0 aliphatic carbocycles. The third kappa shape index (κ3) is 8.07. The van der Waals surface area contributed by atoms with Crippen molar-refractivity contribution in [2.45, 2.75) is 45.7 Å². The Bertz CT molecular complexity index is 663. The molecule has 1 aliphatic rings. The van der Waals surface area contributed by atoms with Gasteiger partial charge in [0.15, 0.2) is 5.96 Å². The van der Waals surface area contributed by atoms with E-state index in [0.717, 1.165) is 44.0 Å². The first-order valence-electron chi connectivity index (χ1n) is 9.98. The molecular formula is C21H34ClN5O. The van der Waals surface area contributed by atoms with Crippen molar-refractivity contribution in [1.82, 2.24) is 20.9 Å². The summed E-state index contributed by atoms with van der Waals surface area (Å²) in [6.07, 6.45) is 2.28. The van der Waals surface area contributed by atoms with Crippen LogP contribution in [0.2, 0.25) is 5.02 Å². The second kappa shape index (κ2) is 10.7. The summed E-state index contributed by atoms with van der Waals surface area (Å²) in [6, 6.07) is 8.06. The molecule has 0 aromatic heterocycles. The molecule has 0 atom stereocenters. The summed E-state index contributed by atoms with van der Waals surface area (Å²) in [6.45, 7) is 10.0. The summed E-state index contributed by atoms with van der Waals surface area (Å²) >= 11 is 6.27. The molecule has 7 heteroatoms. The SMILES string of the molecule is CN=C(NCC(=O)NC(C)(C)C)NCC1CCN(Cc2ccccc2Cl)CC1. The molecular weight excluding hydrogens is 374 g/mol. The number of nitrogens with one attached hydrogen (secondary N) is 3. The molecule has 3 N–H and O–H groups in total. The summed E-state index contributed by atoms with van der Waals surface area (Å²) < 4.78 is 0. The van der Waals surface area contributed by atoms with Crippen LogP contribution in [0.15, 0.2) is 29.3 Å². The average Bonchev–Trinajstić information content (AvgIpc) is 2.63. The van der Waals surface area contributed by atoms with Gasteiger partial charge in [-0.1, -0.05) is 29.8 Å². The van der Waals surface area contributed by atoms with E-state index in [0.29, 0.717) is 11.9 Å². The number of piperidine rings is 1. The third-order valence-electron chi connectivity index (χ3n) is 4.77. The van der Waals surface area contributed by atoms with Gasteiger partial charge in [0.25, 0.3) is 0 Å². The van der Waals surface area contributed by atoms with Gasteiger partial charge in [-0.3, -0.25) is 14.7 Å². The lowest BCUT2D eigenvalue weighted by molar-refractivity contribution is -0.121. The van der Waals surface area contributed by atoms with E-state index >= 15 is 0 Å². The van der Waals surface area contributed by atoms with Crippen molar-refractivity contribution in [3.05, 3.63) is 34.9 Å². The molecule has 1 heterocycles. The van der Waals surface area contributed by atoms with Gasteiger partial charge in [0.1, 0.15) is 0 Å². The number of aliphatic imine (C=N–C) groups is 1. The smallest absolute Gasteiger partial charge is 0.239 e. The van der Waals surface area contributed by atoms with E-state index in [2.05, 4.69) is 31.9 Å². The van der Waals surface area contributed by atoms with Gasteiger partial charge in [0.2, 0.25) is 5.91 Å². The molecule has 1 saturated heterocycles. The molecule has 1 amide bonds. The highest BCUT2D eigenvalue weighted by atomic mass is 35.5. The van der Waals surface area contributed by atoms with E-state index in [1.54, 1.807) is 7.05 Å². The molecule has 0 saturated carbocycles. The lowest BCUT2D eigenvalue weighted by atomic mass is 9.96. The molecule has 1 aromatic rings. The van der Waals surface area contributed by atoms with Crippen LogP contribution in [0.5, 0.6) is 0 Å². The van der Waals surface area contributed by atoms with E-state index in [1.807, 2.05) is 39.0 Å². The fourth-order valence-corrected chi connectivity index (χ4v) is 3.50. The summed E-state index contributed by atoms with van der Waals surface area (Å²) in [7, 11) is 1.73. The minimum Gasteiger partial charge on any atom is -0.356 e. The maximum atomic E-state index is 11.9. The minimum atomic E-state index is -0.229. The summed E-state index contributed by atoms with van der Waals surface area (Å²) in [5.41, 5.74) is 0.965. The number of likely N-dealkylation sites (tertiary alicyclic amines) is 1. The van der Waals surface area contributed by atoms with Crippen molar-refractivity contribution in [2.75, 3.05) is 33.2 Å². The zero-order valence-corrected chi connectivity index (χ0v) is 18.3. The number of carbonyl (C=O) groups is 1. The van der Waals surface area contributed by atoms with Crippen LogP contribution in [-0.2, 0) is 11.3 Å². The Morgan fingerprint density at radius 2 is 1.89 bits per heavy atom. The topological polar surface area (TPSA) is 68.8 Å². The second-order valence-corrected chi connectivity index (χ2v) is 8.82. The van der Waals surface area contributed by atoms with Crippen LogP contribution in [0.25, 0.3) is 0 Å². The van der Waals surface area contributed by atoms with Gasteiger partial charge in [0, 0.05) is 30.7 Å². The first-order valence-corrected chi connectivity index (χ1v) is 10.4. The molecule has 1 aromatic carbocycles. The van der Waals surface area contributed by atoms with E-state index in [9.17, 15) is 4.79 Å². The van der Waals surface area contributed by atoms with E-state index < -0.39 is 0 Å². The van der Waals surface area contributed by atoms with Crippen molar-refractivity contribution in [1.29, 1.82) is 0 Å². The van der Waals surface area contributed by atoms with Crippen LogP contribution < -0.4 is 16.0 Å². The van der Waals surface area contributed by atoms with E-state index in [1.165, 1.54) is 5.56 Å². The minimum absolute atomic E-state index is 0.0386. The van der Waals surface area contributed by atoms with Crippen LogP contribution in [0, 0.1) is 5.92 Å². The number of halogens is 1. The number of hydrogen-bond acceptors (Lipinski definition) is 3. The fraction of sp³-hybridized carbons (Fsp3) is 0.619.